The van der Waals surface area contributed by atoms with Crippen molar-refractivity contribution < 1.29 is 0 Å². The maximum atomic E-state index is 2.12. The molecule has 1 aromatic rings. The Morgan fingerprint density at radius 3 is 2.17 bits per heavy atom. The summed E-state index contributed by atoms with van der Waals surface area (Å²) in [5.41, 5.74) is 2.64. The van der Waals surface area contributed by atoms with Gasteiger partial charge in [-0.05, 0) is 25.0 Å². The minimum Gasteiger partial charge on any atom is -0.0871 e. The van der Waals surface area contributed by atoms with Crippen molar-refractivity contribution in [2.75, 3.05) is 0 Å². The molecular weight excluding hydrogens is 144 g/mol. The number of aryl methyl sites for hydroxylation is 1. The number of hydrogen-bond acceptors (Lipinski definition) is 0. The van der Waals surface area contributed by atoms with Crippen LogP contribution in [0, 0.1) is 6.92 Å². The van der Waals surface area contributed by atoms with Crippen LogP contribution in [0.15, 0.2) is 30.3 Å². The first kappa shape index (κ1) is 11.0. The van der Waals surface area contributed by atoms with E-state index in [1.807, 2.05) is 20.8 Å². The second-order valence-corrected chi connectivity index (χ2v) is 2.36. The van der Waals surface area contributed by atoms with E-state index < -0.39 is 0 Å². The van der Waals surface area contributed by atoms with Gasteiger partial charge < -0.3 is 0 Å². The second kappa shape index (κ2) is 6.66. The van der Waals surface area contributed by atoms with Crippen LogP contribution in [0.5, 0.6) is 0 Å². The maximum Gasteiger partial charge on any atom is -0.0231 e. The highest BCUT2D eigenvalue weighted by molar-refractivity contribution is 5.52. The Morgan fingerprint density at radius 2 is 1.67 bits per heavy atom. The molecule has 0 radical (unpaired) electrons. The topological polar surface area (TPSA) is 0 Å². The SMILES string of the molecule is C/C=C\c1ccccc1C.CC. The third kappa shape index (κ3) is 3.38. The van der Waals surface area contributed by atoms with Crippen LogP contribution in [0.4, 0.5) is 0 Å². The minimum absolute atomic E-state index is 1.31. The van der Waals surface area contributed by atoms with Crippen molar-refractivity contribution in [2.24, 2.45) is 0 Å². The standard InChI is InChI=1S/C10H12.C2H6/c1-3-6-10-8-5-4-7-9(10)2;1-2/h3-8H,1-2H3;1-2H3/b6-3-;. The molecule has 66 valence electrons. The molecule has 0 fully saturated rings. The normalized spacial score (nSPS) is 9.33. The lowest BCUT2D eigenvalue weighted by molar-refractivity contribution is 1.44. The zero-order chi connectivity index (χ0) is 9.40. The molecule has 0 nitrogen and oxygen atoms in total. The molecule has 0 bridgehead atoms. The highest BCUT2D eigenvalue weighted by Crippen LogP contribution is 2.07. The summed E-state index contributed by atoms with van der Waals surface area (Å²) >= 11 is 0. The molecule has 0 heteroatoms. The van der Waals surface area contributed by atoms with Crippen LogP contribution < -0.4 is 0 Å². The largest absolute Gasteiger partial charge is 0.0871 e. The summed E-state index contributed by atoms with van der Waals surface area (Å²) in [7, 11) is 0. The van der Waals surface area contributed by atoms with Crippen molar-refractivity contribution in [1.29, 1.82) is 0 Å². The van der Waals surface area contributed by atoms with Gasteiger partial charge in [-0.25, -0.2) is 0 Å². The van der Waals surface area contributed by atoms with Crippen molar-refractivity contribution in [1.82, 2.24) is 0 Å². The lowest BCUT2D eigenvalue weighted by Crippen LogP contribution is -1.76. The summed E-state index contributed by atoms with van der Waals surface area (Å²) in [4.78, 5) is 0. The predicted molar refractivity (Wildman–Crippen MR) is 57.2 cm³/mol. The fourth-order valence-electron chi connectivity index (χ4n) is 0.953. The van der Waals surface area contributed by atoms with Crippen LogP contribution in [-0.2, 0) is 0 Å². The molecule has 0 aliphatic carbocycles. The predicted octanol–water partition coefficient (Wildman–Crippen LogP) is 4.05. The first-order valence-corrected chi connectivity index (χ1v) is 4.53. The molecule has 0 spiro atoms. The third-order valence-corrected chi connectivity index (χ3v) is 1.53. The number of rotatable bonds is 1. The molecule has 1 rings (SSSR count). The molecular formula is C12H18. The van der Waals surface area contributed by atoms with Gasteiger partial charge in [0, 0.05) is 0 Å². The van der Waals surface area contributed by atoms with Crippen LogP contribution in [0.1, 0.15) is 31.9 Å². The average molecular weight is 162 g/mol. The van der Waals surface area contributed by atoms with Crippen LogP contribution in [0.2, 0.25) is 0 Å². The average Bonchev–Trinajstić information content (AvgIpc) is 2.13. The van der Waals surface area contributed by atoms with E-state index in [0.29, 0.717) is 0 Å². The molecule has 0 N–H and O–H groups in total. The van der Waals surface area contributed by atoms with Crippen molar-refractivity contribution in [3.63, 3.8) is 0 Å². The summed E-state index contributed by atoms with van der Waals surface area (Å²) in [5, 5.41) is 0. The molecule has 1 aromatic carbocycles. The summed E-state index contributed by atoms with van der Waals surface area (Å²) in [6.07, 6.45) is 4.18. The lowest BCUT2D eigenvalue weighted by Gasteiger charge is -1.96. The minimum atomic E-state index is 1.31. The Kier molecular flexibility index (Phi) is 6.08. The van der Waals surface area contributed by atoms with Gasteiger partial charge in [0.15, 0.2) is 0 Å². The molecule has 12 heavy (non-hydrogen) atoms. The smallest absolute Gasteiger partial charge is 0.0231 e. The van der Waals surface area contributed by atoms with E-state index in [-0.39, 0.29) is 0 Å². The highest BCUT2D eigenvalue weighted by Gasteiger charge is 1.87. The fourth-order valence-corrected chi connectivity index (χ4v) is 0.953. The summed E-state index contributed by atoms with van der Waals surface area (Å²) < 4.78 is 0. The van der Waals surface area contributed by atoms with Gasteiger partial charge in [-0.2, -0.15) is 0 Å². The van der Waals surface area contributed by atoms with Gasteiger partial charge in [0.25, 0.3) is 0 Å². The molecule has 0 aliphatic rings. The molecule has 0 aliphatic heterocycles. The summed E-state index contributed by atoms with van der Waals surface area (Å²) in [6.45, 7) is 8.15. The summed E-state index contributed by atoms with van der Waals surface area (Å²) in [5.74, 6) is 0. The lowest BCUT2D eigenvalue weighted by atomic mass is 10.1. The van der Waals surface area contributed by atoms with Crippen molar-refractivity contribution in [2.45, 2.75) is 27.7 Å². The molecule has 0 heterocycles. The first-order chi connectivity index (χ1) is 5.84. The Bertz CT molecular complexity index is 234. The second-order valence-electron chi connectivity index (χ2n) is 2.36. The molecule has 0 saturated carbocycles. The van der Waals surface area contributed by atoms with E-state index in [1.54, 1.807) is 0 Å². The van der Waals surface area contributed by atoms with Crippen molar-refractivity contribution in [3.8, 4) is 0 Å². The van der Waals surface area contributed by atoms with Gasteiger partial charge in [-0.15, -0.1) is 0 Å². The molecule has 0 saturated heterocycles. The van der Waals surface area contributed by atoms with Gasteiger partial charge in [0.2, 0.25) is 0 Å². The Labute approximate surface area is 75.9 Å². The van der Waals surface area contributed by atoms with Crippen LogP contribution >= 0.6 is 0 Å². The number of allylic oxidation sites excluding steroid dienone is 1. The van der Waals surface area contributed by atoms with Crippen LogP contribution in [0.3, 0.4) is 0 Å². The van der Waals surface area contributed by atoms with E-state index in [4.69, 9.17) is 0 Å². The zero-order valence-corrected chi connectivity index (χ0v) is 8.46. The Hall–Kier alpha value is -1.04. The highest BCUT2D eigenvalue weighted by atomic mass is 13.9. The molecule has 0 unspecified atom stereocenters. The van der Waals surface area contributed by atoms with E-state index in [9.17, 15) is 0 Å². The van der Waals surface area contributed by atoms with E-state index in [0.717, 1.165) is 0 Å². The Balaban J connectivity index is 0.000000561. The van der Waals surface area contributed by atoms with E-state index in [1.165, 1.54) is 11.1 Å². The van der Waals surface area contributed by atoms with Gasteiger partial charge in [-0.1, -0.05) is 50.3 Å². The molecule has 0 aromatic heterocycles. The first-order valence-electron chi connectivity index (χ1n) is 4.53. The quantitative estimate of drug-likeness (QED) is 0.584. The van der Waals surface area contributed by atoms with Gasteiger partial charge in [-0.3, -0.25) is 0 Å². The maximum absolute atomic E-state index is 2.12. The number of hydrogen-bond donors (Lipinski definition) is 0. The van der Waals surface area contributed by atoms with Crippen LogP contribution in [-0.4, -0.2) is 0 Å². The van der Waals surface area contributed by atoms with Gasteiger partial charge in [0.05, 0.1) is 0 Å². The van der Waals surface area contributed by atoms with Crippen molar-refractivity contribution in [3.05, 3.63) is 41.5 Å². The number of benzene rings is 1. The Morgan fingerprint density at radius 1 is 1.08 bits per heavy atom. The van der Waals surface area contributed by atoms with E-state index in [2.05, 4.69) is 43.3 Å². The van der Waals surface area contributed by atoms with Crippen LogP contribution in [0.25, 0.3) is 6.08 Å². The van der Waals surface area contributed by atoms with Crippen molar-refractivity contribution >= 4 is 6.08 Å². The fraction of sp³-hybridized carbons (Fsp3) is 0.333. The van der Waals surface area contributed by atoms with Gasteiger partial charge in [0.1, 0.15) is 0 Å². The third-order valence-electron chi connectivity index (χ3n) is 1.53. The van der Waals surface area contributed by atoms with E-state index >= 15 is 0 Å². The zero-order valence-electron chi connectivity index (χ0n) is 8.46. The van der Waals surface area contributed by atoms with Gasteiger partial charge >= 0.3 is 0 Å². The summed E-state index contributed by atoms with van der Waals surface area (Å²) in [6, 6.07) is 8.36. The monoisotopic (exact) mass is 162 g/mol. The molecule has 0 atom stereocenters. The molecule has 0 amide bonds.